The third-order valence-electron chi connectivity index (χ3n) is 4.63. The van der Waals surface area contributed by atoms with Gasteiger partial charge in [0.05, 0.1) is 0 Å². The molecule has 0 atom stereocenters. The lowest BCUT2D eigenvalue weighted by atomic mass is 9.75. The largest absolute Gasteiger partial charge is 0.315 e. The van der Waals surface area contributed by atoms with E-state index in [-0.39, 0.29) is 0 Å². The van der Waals surface area contributed by atoms with Crippen LogP contribution in [0.4, 0.5) is 0 Å². The van der Waals surface area contributed by atoms with Gasteiger partial charge < -0.3 is 10.2 Å². The monoisotopic (exact) mass is 268 g/mol. The molecular weight excluding hydrogens is 232 g/mol. The quantitative estimate of drug-likeness (QED) is 0.735. The average molecular weight is 268 g/mol. The molecule has 0 saturated heterocycles. The summed E-state index contributed by atoms with van der Waals surface area (Å²) in [6.45, 7) is 15.2. The second-order valence-electron chi connectivity index (χ2n) is 8.44. The van der Waals surface area contributed by atoms with E-state index in [0.29, 0.717) is 10.8 Å². The molecule has 1 aliphatic rings. The van der Waals surface area contributed by atoms with E-state index in [1.54, 1.807) is 0 Å². The average Bonchev–Trinajstić information content (AvgIpc) is 2.26. The predicted molar refractivity (Wildman–Crippen MR) is 85.6 cm³/mol. The van der Waals surface area contributed by atoms with Crippen molar-refractivity contribution in [2.75, 3.05) is 26.7 Å². The number of nitrogens with zero attached hydrogens (tertiary/aromatic N) is 1. The predicted octanol–water partition coefficient (Wildman–Crippen LogP) is 3.91. The van der Waals surface area contributed by atoms with Gasteiger partial charge in [0, 0.05) is 19.1 Å². The number of hydrogen-bond donors (Lipinski definition) is 1. The summed E-state index contributed by atoms with van der Waals surface area (Å²) in [6.07, 6.45) is 6.80. The summed E-state index contributed by atoms with van der Waals surface area (Å²) in [7, 11) is 2.30. The smallest absolute Gasteiger partial charge is 0.0107 e. The van der Waals surface area contributed by atoms with Gasteiger partial charge in [-0.15, -0.1) is 0 Å². The fourth-order valence-corrected chi connectivity index (χ4v) is 2.85. The molecule has 19 heavy (non-hydrogen) atoms. The summed E-state index contributed by atoms with van der Waals surface area (Å²) in [4.78, 5) is 2.57. The van der Waals surface area contributed by atoms with E-state index >= 15 is 0 Å². The van der Waals surface area contributed by atoms with Gasteiger partial charge in [-0.05, 0) is 56.5 Å². The van der Waals surface area contributed by atoms with Crippen LogP contribution in [0.3, 0.4) is 0 Å². The molecule has 1 aliphatic carbocycles. The highest BCUT2D eigenvalue weighted by atomic mass is 15.1. The van der Waals surface area contributed by atoms with Gasteiger partial charge in [-0.25, -0.2) is 0 Å². The molecule has 114 valence electrons. The summed E-state index contributed by atoms with van der Waals surface area (Å²) >= 11 is 0. The number of likely N-dealkylation sites (N-methyl/N-ethyl adjacent to an activating group) is 1. The van der Waals surface area contributed by atoms with Gasteiger partial charge >= 0.3 is 0 Å². The minimum Gasteiger partial charge on any atom is -0.315 e. The summed E-state index contributed by atoms with van der Waals surface area (Å²) in [6, 6.07) is 0.817. The zero-order chi connectivity index (χ0) is 14.5. The van der Waals surface area contributed by atoms with Crippen molar-refractivity contribution in [1.29, 1.82) is 0 Å². The Morgan fingerprint density at radius 2 is 1.68 bits per heavy atom. The van der Waals surface area contributed by atoms with Gasteiger partial charge in [0.2, 0.25) is 0 Å². The van der Waals surface area contributed by atoms with Crippen LogP contribution in [0.2, 0.25) is 0 Å². The van der Waals surface area contributed by atoms with Crippen LogP contribution in [-0.2, 0) is 0 Å². The number of rotatable bonds is 6. The van der Waals surface area contributed by atoms with E-state index in [9.17, 15) is 0 Å². The maximum Gasteiger partial charge on any atom is 0.0107 e. The maximum atomic E-state index is 3.59. The fourth-order valence-electron chi connectivity index (χ4n) is 2.85. The molecule has 0 aliphatic heterocycles. The highest BCUT2D eigenvalue weighted by molar-refractivity contribution is 4.83. The third-order valence-corrected chi connectivity index (χ3v) is 4.63. The molecule has 1 fully saturated rings. The van der Waals surface area contributed by atoms with Crippen molar-refractivity contribution >= 4 is 0 Å². The zero-order valence-electron chi connectivity index (χ0n) is 14.2. The van der Waals surface area contributed by atoms with Crippen LogP contribution < -0.4 is 5.32 Å². The molecule has 0 radical (unpaired) electrons. The zero-order valence-corrected chi connectivity index (χ0v) is 14.2. The standard InChI is InChI=1S/C17H36N2/c1-16(2,3)11-12-18-13-14-19(6)15-7-9-17(4,5)10-8-15/h15,18H,7-14H2,1-6H3. The van der Waals surface area contributed by atoms with Crippen LogP contribution in [0.5, 0.6) is 0 Å². The summed E-state index contributed by atoms with van der Waals surface area (Å²) in [5, 5.41) is 3.59. The molecule has 0 amide bonds. The molecule has 1 N–H and O–H groups in total. The highest BCUT2D eigenvalue weighted by Gasteiger charge is 2.28. The van der Waals surface area contributed by atoms with E-state index in [4.69, 9.17) is 0 Å². The Labute approximate surface area is 121 Å². The molecule has 1 saturated carbocycles. The normalized spacial score (nSPS) is 21.0. The highest BCUT2D eigenvalue weighted by Crippen LogP contribution is 2.36. The minimum atomic E-state index is 0.452. The Morgan fingerprint density at radius 1 is 1.11 bits per heavy atom. The van der Waals surface area contributed by atoms with Crippen molar-refractivity contribution in [3.05, 3.63) is 0 Å². The van der Waals surface area contributed by atoms with E-state index in [2.05, 4.69) is 51.9 Å². The lowest BCUT2D eigenvalue weighted by Crippen LogP contribution is -2.40. The van der Waals surface area contributed by atoms with Crippen LogP contribution in [0.25, 0.3) is 0 Å². The van der Waals surface area contributed by atoms with Gasteiger partial charge in [-0.2, -0.15) is 0 Å². The van der Waals surface area contributed by atoms with Crippen molar-refractivity contribution < 1.29 is 0 Å². The first-order chi connectivity index (χ1) is 8.70. The summed E-state index contributed by atoms with van der Waals surface area (Å²) in [5.74, 6) is 0. The maximum absolute atomic E-state index is 3.59. The van der Waals surface area contributed by atoms with E-state index in [0.717, 1.165) is 19.1 Å². The van der Waals surface area contributed by atoms with Crippen molar-refractivity contribution in [2.45, 2.75) is 72.8 Å². The first-order valence-electron chi connectivity index (χ1n) is 8.11. The van der Waals surface area contributed by atoms with E-state index in [1.807, 2.05) is 0 Å². The number of hydrogen-bond acceptors (Lipinski definition) is 2. The SMILES string of the molecule is CN(CCNCCC(C)(C)C)C1CCC(C)(C)CC1. The summed E-state index contributed by atoms with van der Waals surface area (Å²) in [5.41, 5.74) is 1.04. The van der Waals surface area contributed by atoms with Gasteiger partial charge in [0.25, 0.3) is 0 Å². The van der Waals surface area contributed by atoms with Crippen LogP contribution >= 0.6 is 0 Å². The van der Waals surface area contributed by atoms with Gasteiger partial charge in [0.1, 0.15) is 0 Å². The fraction of sp³-hybridized carbons (Fsp3) is 1.00. The van der Waals surface area contributed by atoms with Crippen LogP contribution in [0, 0.1) is 10.8 Å². The molecule has 2 heteroatoms. The Morgan fingerprint density at radius 3 is 2.21 bits per heavy atom. The summed E-state index contributed by atoms with van der Waals surface area (Å²) < 4.78 is 0. The Balaban J connectivity index is 2.10. The second-order valence-corrected chi connectivity index (χ2v) is 8.44. The molecule has 0 heterocycles. The van der Waals surface area contributed by atoms with Crippen molar-refractivity contribution in [2.24, 2.45) is 10.8 Å². The van der Waals surface area contributed by atoms with Gasteiger partial charge in [-0.3, -0.25) is 0 Å². The molecule has 0 bridgehead atoms. The van der Waals surface area contributed by atoms with Crippen molar-refractivity contribution in [3.8, 4) is 0 Å². The molecule has 2 nitrogen and oxygen atoms in total. The molecule has 0 aromatic carbocycles. The Kier molecular flexibility index (Phi) is 6.32. The van der Waals surface area contributed by atoms with Crippen molar-refractivity contribution in [1.82, 2.24) is 10.2 Å². The first-order valence-corrected chi connectivity index (χ1v) is 8.11. The molecule has 0 spiro atoms. The van der Waals surface area contributed by atoms with Gasteiger partial charge in [0.15, 0.2) is 0 Å². The molecule has 0 aromatic heterocycles. The Hall–Kier alpha value is -0.0800. The van der Waals surface area contributed by atoms with Crippen LogP contribution in [0.1, 0.15) is 66.7 Å². The second kappa shape index (κ2) is 7.08. The van der Waals surface area contributed by atoms with Gasteiger partial charge in [-0.1, -0.05) is 34.6 Å². The molecule has 0 unspecified atom stereocenters. The minimum absolute atomic E-state index is 0.452. The lowest BCUT2D eigenvalue weighted by molar-refractivity contribution is 0.128. The molecule has 1 rings (SSSR count). The lowest BCUT2D eigenvalue weighted by Gasteiger charge is -2.38. The van der Waals surface area contributed by atoms with E-state index in [1.165, 1.54) is 38.6 Å². The third kappa shape index (κ3) is 7.31. The number of nitrogens with one attached hydrogen (secondary N) is 1. The van der Waals surface area contributed by atoms with Crippen LogP contribution in [-0.4, -0.2) is 37.6 Å². The van der Waals surface area contributed by atoms with Crippen molar-refractivity contribution in [3.63, 3.8) is 0 Å². The molecule has 0 aromatic rings. The Bertz CT molecular complexity index is 242. The topological polar surface area (TPSA) is 15.3 Å². The first kappa shape index (κ1) is 17.0. The van der Waals surface area contributed by atoms with E-state index < -0.39 is 0 Å². The molecular formula is C17H36N2. The van der Waals surface area contributed by atoms with Crippen LogP contribution in [0.15, 0.2) is 0 Å².